The van der Waals surface area contributed by atoms with Gasteiger partial charge in [0.15, 0.2) is 11.5 Å². The lowest BCUT2D eigenvalue weighted by Gasteiger charge is -2.13. The number of hydrogen-bond donors (Lipinski definition) is 1. The van der Waals surface area contributed by atoms with Gasteiger partial charge in [-0.05, 0) is 70.1 Å². The molecule has 1 saturated heterocycles. The molecule has 7 nitrogen and oxygen atoms in total. The maximum absolute atomic E-state index is 12.9. The molecule has 0 unspecified atom stereocenters. The second kappa shape index (κ2) is 11.6. The molecule has 4 aromatic carbocycles. The van der Waals surface area contributed by atoms with Gasteiger partial charge in [0.1, 0.15) is 13.2 Å². The van der Waals surface area contributed by atoms with Crippen LogP contribution in [-0.2, 0) is 16.2 Å². The Bertz CT molecular complexity index is 1620. The lowest BCUT2D eigenvalue weighted by molar-refractivity contribution is -0.127. The number of nitrogens with one attached hydrogen (secondary N) is 1. The molecule has 0 atom stereocenters. The highest BCUT2D eigenvalue weighted by Crippen LogP contribution is 2.35. The van der Waals surface area contributed by atoms with Crippen LogP contribution >= 0.6 is 23.4 Å². The average molecular weight is 559 g/mol. The first-order valence-corrected chi connectivity index (χ1v) is 13.2. The van der Waals surface area contributed by atoms with Crippen molar-refractivity contribution in [1.29, 1.82) is 0 Å². The molecular formula is C30H23ClN2O5S. The van der Waals surface area contributed by atoms with Crippen molar-refractivity contribution in [2.75, 3.05) is 19.0 Å². The first-order chi connectivity index (χ1) is 18.9. The van der Waals surface area contributed by atoms with E-state index in [2.05, 4.69) is 23.5 Å². The van der Waals surface area contributed by atoms with E-state index in [0.29, 0.717) is 34.4 Å². The number of thioether (sulfide) groups is 1. The van der Waals surface area contributed by atoms with Crippen LogP contribution in [0.3, 0.4) is 0 Å². The van der Waals surface area contributed by atoms with Gasteiger partial charge in [-0.1, -0.05) is 66.2 Å². The molecule has 0 aliphatic carbocycles. The molecular weight excluding hydrogens is 536 g/mol. The van der Waals surface area contributed by atoms with E-state index >= 15 is 0 Å². The summed E-state index contributed by atoms with van der Waals surface area (Å²) in [5.41, 5.74) is 2.18. The Balaban J connectivity index is 1.27. The minimum atomic E-state index is -0.540. The van der Waals surface area contributed by atoms with Gasteiger partial charge in [-0.2, -0.15) is 0 Å². The highest BCUT2D eigenvalue weighted by Gasteiger charge is 2.36. The Morgan fingerprint density at radius 3 is 2.59 bits per heavy atom. The maximum Gasteiger partial charge on any atom is 0.294 e. The molecule has 1 aliphatic rings. The van der Waals surface area contributed by atoms with E-state index in [1.165, 1.54) is 7.11 Å². The quantitative estimate of drug-likeness (QED) is 0.241. The largest absolute Gasteiger partial charge is 0.493 e. The number of halogens is 1. The Morgan fingerprint density at radius 2 is 1.77 bits per heavy atom. The van der Waals surface area contributed by atoms with E-state index in [0.717, 1.165) is 33.0 Å². The third kappa shape index (κ3) is 6.08. The lowest BCUT2D eigenvalue weighted by atomic mass is 10.1. The summed E-state index contributed by atoms with van der Waals surface area (Å²) in [6.45, 7) is -0.0496. The second-order valence-corrected chi connectivity index (χ2v) is 10.1. The normalized spacial score (nSPS) is 14.2. The van der Waals surface area contributed by atoms with E-state index in [4.69, 9.17) is 21.1 Å². The van der Waals surface area contributed by atoms with E-state index in [1.807, 2.05) is 24.3 Å². The number of anilines is 1. The van der Waals surface area contributed by atoms with Crippen LogP contribution in [0.5, 0.6) is 11.5 Å². The predicted molar refractivity (Wildman–Crippen MR) is 154 cm³/mol. The number of amides is 3. The van der Waals surface area contributed by atoms with E-state index < -0.39 is 23.6 Å². The summed E-state index contributed by atoms with van der Waals surface area (Å²) in [6.07, 6.45) is 1.59. The van der Waals surface area contributed by atoms with E-state index in [9.17, 15) is 14.4 Å². The van der Waals surface area contributed by atoms with Crippen molar-refractivity contribution in [1.82, 2.24) is 4.90 Å². The van der Waals surface area contributed by atoms with Crippen LogP contribution in [0.1, 0.15) is 11.1 Å². The smallest absolute Gasteiger partial charge is 0.294 e. The topological polar surface area (TPSA) is 84.9 Å². The van der Waals surface area contributed by atoms with Gasteiger partial charge in [0, 0.05) is 10.7 Å². The van der Waals surface area contributed by atoms with Crippen LogP contribution in [0, 0.1) is 0 Å². The summed E-state index contributed by atoms with van der Waals surface area (Å²) < 4.78 is 11.6. The van der Waals surface area contributed by atoms with Gasteiger partial charge in [-0.15, -0.1) is 0 Å². The van der Waals surface area contributed by atoms with Gasteiger partial charge < -0.3 is 14.8 Å². The Morgan fingerprint density at radius 1 is 0.974 bits per heavy atom. The van der Waals surface area contributed by atoms with Crippen molar-refractivity contribution in [2.24, 2.45) is 0 Å². The van der Waals surface area contributed by atoms with Crippen molar-refractivity contribution in [3.8, 4) is 11.5 Å². The lowest BCUT2D eigenvalue weighted by Crippen LogP contribution is -2.36. The molecule has 5 rings (SSSR count). The summed E-state index contributed by atoms with van der Waals surface area (Å²) in [4.78, 5) is 39.0. The van der Waals surface area contributed by atoms with Crippen LogP contribution in [0.15, 0.2) is 89.8 Å². The highest BCUT2D eigenvalue weighted by atomic mass is 35.5. The van der Waals surface area contributed by atoms with Crippen LogP contribution in [0.2, 0.25) is 5.02 Å². The summed E-state index contributed by atoms with van der Waals surface area (Å²) in [5.74, 6) is -0.00540. The molecule has 39 heavy (non-hydrogen) atoms. The van der Waals surface area contributed by atoms with Gasteiger partial charge >= 0.3 is 0 Å². The van der Waals surface area contributed by atoms with Gasteiger partial charge in [0.05, 0.1) is 12.0 Å². The molecule has 9 heteroatoms. The zero-order valence-corrected chi connectivity index (χ0v) is 22.4. The minimum Gasteiger partial charge on any atom is -0.493 e. The third-order valence-electron chi connectivity index (χ3n) is 6.03. The molecule has 4 aromatic rings. The fourth-order valence-corrected chi connectivity index (χ4v) is 5.19. The predicted octanol–water partition coefficient (Wildman–Crippen LogP) is 6.76. The molecule has 0 spiro atoms. The number of carbonyl (C=O) groups excluding carboxylic acids is 3. The number of hydrogen-bond acceptors (Lipinski definition) is 6. The number of nitrogens with zero attached hydrogens (tertiary/aromatic N) is 1. The highest BCUT2D eigenvalue weighted by molar-refractivity contribution is 8.18. The number of benzene rings is 4. The average Bonchev–Trinajstić information content (AvgIpc) is 3.19. The zero-order valence-electron chi connectivity index (χ0n) is 20.8. The standard InChI is InChI=1S/C30H23ClN2O5S/c1-37-26-14-19(12-13-25(26)38-18-21-8-4-7-20-6-2-3-11-24(20)21)15-27-29(35)33(30(36)39-27)17-28(34)32-23-10-5-9-22(31)16-23/h2-16H,17-18H2,1H3,(H,32,34)/b27-15+. The first kappa shape index (κ1) is 26.3. The Hall–Kier alpha value is -4.27. The number of rotatable bonds is 8. The first-order valence-electron chi connectivity index (χ1n) is 12.0. The fraction of sp³-hybridized carbons (Fsp3) is 0.100. The van der Waals surface area contributed by atoms with Crippen LogP contribution < -0.4 is 14.8 Å². The molecule has 1 N–H and O–H groups in total. The Labute approximate surface area is 234 Å². The molecule has 1 fully saturated rings. The van der Waals surface area contributed by atoms with Crippen LogP contribution in [-0.4, -0.2) is 35.6 Å². The minimum absolute atomic E-state index is 0.210. The summed E-state index contributed by atoms with van der Waals surface area (Å²) in [7, 11) is 1.54. The number of methoxy groups -OCH3 is 1. The number of fused-ring (bicyclic) bond motifs is 1. The molecule has 1 aliphatic heterocycles. The van der Waals surface area contributed by atoms with Crippen molar-refractivity contribution < 1.29 is 23.9 Å². The molecule has 0 aromatic heterocycles. The Kier molecular flexibility index (Phi) is 7.86. The summed E-state index contributed by atoms with van der Waals surface area (Å²) >= 11 is 6.72. The molecule has 3 amide bonds. The maximum atomic E-state index is 12.9. The fourth-order valence-electron chi connectivity index (χ4n) is 4.17. The van der Waals surface area contributed by atoms with Gasteiger partial charge in [0.25, 0.3) is 11.1 Å². The second-order valence-electron chi connectivity index (χ2n) is 8.66. The molecule has 0 bridgehead atoms. The van der Waals surface area contributed by atoms with Crippen LogP contribution in [0.25, 0.3) is 16.8 Å². The number of ether oxygens (including phenoxy) is 2. The van der Waals surface area contributed by atoms with Crippen molar-refractivity contribution >= 4 is 63.0 Å². The monoisotopic (exact) mass is 558 g/mol. The SMILES string of the molecule is COc1cc(/C=C2/SC(=O)N(CC(=O)Nc3cccc(Cl)c3)C2=O)ccc1OCc1cccc2ccccc12. The summed E-state index contributed by atoms with van der Waals surface area (Å²) in [5, 5.41) is 4.84. The number of imide groups is 1. The van der Waals surface area contributed by atoms with Gasteiger partial charge in [-0.3, -0.25) is 19.3 Å². The van der Waals surface area contributed by atoms with Crippen LogP contribution in [0.4, 0.5) is 10.5 Å². The van der Waals surface area contributed by atoms with E-state index in [1.54, 1.807) is 48.5 Å². The molecule has 1 heterocycles. The van der Waals surface area contributed by atoms with E-state index in [-0.39, 0.29) is 4.91 Å². The van der Waals surface area contributed by atoms with Crippen molar-refractivity contribution in [2.45, 2.75) is 6.61 Å². The third-order valence-corrected chi connectivity index (χ3v) is 7.17. The number of carbonyl (C=O) groups is 3. The molecule has 0 radical (unpaired) electrons. The molecule has 196 valence electrons. The van der Waals surface area contributed by atoms with Crippen molar-refractivity contribution in [3.05, 3.63) is 106 Å². The van der Waals surface area contributed by atoms with Crippen molar-refractivity contribution in [3.63, 3.8) is 0 Å². The molecule has 0 saturated carbocycles. The van der Waals surface area contributed by atoms with Gasteiger partial charge in [0.2, 0.25) is 5.91 Å². The van der Waals surface area contributed by atoms with Gasteiger partial charge in [-0.25, -0.2) is 0 Å². The summed E-state index contributed by atoms with van der Waals surface area (Å²) in [6, 6.07) is 26.1. The zero-order chi connectivity index (χ0) is 27.4.